The monoisotopic (exact) mass is 474 g/mol. The number of methoxy groups -OCH3 is 4. The van der Waals surface area contributed by atoms with Gasteiger partial charge in [-0.1, -0.05) is 12.1 Å². The number of carbonyl (C=O) groups is 1. The molecule has 2 aromatic carbocycles. The second-order valence-electron chi connectivity index (χ2n) is 7.87. The van der Waals surface area contributed by atoms with Gasteiger partial charge in [0.2, 0.25) is 0 Å². The Hall–Kier alpha value is -2.90. The number of benzene rings is 2. The number of hydrogen-bond donors (Lipinski definition) is 0. The van der Waals surface area contributed by atoms with Gasteiger partial charge in [0.05, 0.1) is 34.0 Å². The highest BCUT2D eigenvalue weighted by molar-refractivity contribution is 6.09. The van der Waals surface area contributed by atoms with Crippen molar-refractivity contribution in [2.24, 2.45) is 0 Å². The summed E-state index contributed by atoms with van der Waals surface area (Å²) in [7, 11) is 6.29. The standard InChI is InChI=1S/C25H30N2O5.ClH/c1-29-18-9-7-17(8-10-18)23-19-15-21(30-2)22(31-3)16-20(19)27(24(23)25(28)32-4)14-13-26-11-5-6-12-26;/h7-10,15-16H,5-6,11-14H2,1-4H3;1H. The molecule has 0 bridgehead atoms. The van der Waals surface area contributed by atoms with E-state index in [1.807, 2.05) is 36.4 Å². The van der Waals surface area contributed by atoms with Crippen LogP contribution in [0.3, 0.4) is 0 Å². The van der Waals surface area contributed by atoms with E-state index in [1.54, 1.807) is 21.3 Å². The van der Waals surface area contributed by atoms with Crippen molar-refractivity contribution in [1.29, 1.82) is 0 Å². The molecule has 8 heteroatoms. The van der Waals surface area contributed by atoms with Gasteiger partial charge in [0.25, 0.3) is 0 Å². The number of halogens is 1. The molecule has 0 atom stereocenters. The third kappa shape index (κ3) is 4.75. The van der Waals surface area contributed by atoms with Crippen molar-refractivity contribution in [3.63, 3.8) is 0 Å². The Bertz CT molecular complexity index is 1100. The average Bonchev–Trinajstić information content (AvgIpc) is 3.47. The van der Waals surface area contributed by atoms with Gasteiger partial charge in [-0.2, -0.15) is 0 Å². The molecule has 178 valence electrons. The summed E-state index contributed by atoms with van der Waals surface area (Å²) in [5.41, 5.74) is 3.16. The van der Waals surface area contributed by atoms with Crippen molar-refractivity contribution in [2.45, 2.75) is 19.4 Å². The number of likely N-dealkylation sites (tertiary alicyclic amines) is 1. The average molecular weight is 475 g/mol. The van der Waals surface area contributed by atoms with Crippen molar-refractivity contribution in [3.8, 4) is 28.4 Å². The highest BCUT2D eigenvalue weighted by Crippen LogP contribution is 2.41. The van der Waals surface area contributed by atoms with E-state index in [2.05, 4.69) is 9.47 Å². The first-order chi connectivity index (χ1) is 15.6. The molecule has 0 N–H and O–H groups in total. The minimum absolute atomic E-state index is 0. The summed E-state index contributed by atoms with van der Waals surface area (Å²) in [5.74, 6) is 1.62. The summed E-state index contributed by atoms with van der Waals surface area (Å²) in [5, 5.41) is 0.912. The first-order valence-corrected chi connectivity index (χ1v) is 10.8. The van der Waals surface area contributed by atoms with Crippen LogP contribution in [0.1, 0.15) is 23.3 Å². The number of aromatic nitrogens is 1. The van der Waals surface area contributed by atoms with E-state index in [9.17, 15) is 4.79 Å². The van der Waals surface area contributed by atoms with Crippen LogP contribution in [-0.2, 0) is 11.3 Å². The van der Waals surface area contributed by atoms with Gasteiger partial charge in [-0.05, 0) is 49.7 Å². The maximum Gasteiger partial charge on any atom is 0.355 e. The molecule has 1 aliphatic rings. The molecular weight excluding hydrogens is 444 g/mol. The molecule has 1 aliphatic heterocycles. The number of esters is 1. The minimum Gasteiger partial charge on any atom is -0.497 e. The van der Waals surface area contributed by atoms with Gasteiger partial charge in [-0.25, -0.2) is 4.79 Å². The molecule has 33 heavy (non-hydrogen) atoms. The summed E-state index contributed by atoms with van der Waals surface area (Å²) in [6.45, 7) is 3.72. The van der Waals surface area contributed by atoms with E-state index in [0.29, 0.717) is 23.7 Å². The first-order valence-electron chi connectivity index (χ1n) is 10.8. The number of hydrogen-bond acceptors (Lipinski definition) is 6. The van der Waals surface area contributed by atoms with Gasteiger partial charge in [-0.15, -0.1) is 12.4 Å². The van der Waals surface area contributed by atoms with Crippen molar-refractivity contribution in [2.75, 3.05) is 48.1 Å². The lowest BCUT2D eigenvalue weighted by Crippen LogP contribution is -2.25. The molecule has 0 aliphatic carbocycles. The smallest absolute Gasteiger partial charge is 0.355 e. The minimum atomic E-state index is -0.369. The third-order valence-corrected chi connectivity index (χ3v) is 6.16. The lowest BCUT2D eigenvalue weighted by molar-refractivity contribution is 0.0589. The van der Waals surface area contributed by atoms with Crippen molar-refractivity contribution >= 4 is 29.3 Å². The van der Waals surface area contributed by atoms with E-state index in [-0.39, 0.29) is 18.4 Å². The summed E-state index contributed by atoms with van der Waals surface area (Å²) in [4.78, 5) is 15.5. The van der Waals surface area contributed by atoms with E-state index < -0.39 is 0 Å². The van der Waals surface area contributed by atoms with Crippen LogP contribution >= 0.6 is 12.4 Å². The second-order valence-corrected chi connectivity index (χ2v) is 7.87. The maximum absolute atomic E-state index is 13.1. The summed E-state index contributed by atoms with van der Waals surface area (Å²) in [6.07, 6.45) is 2.44. The quantitative estimate of drug-likeness (QED) is 0.443. The largest absolute Gasteiger partial charge is 0.497 e. The van der Waals surface area contributed by atoms with Crippen LogP contribution in [0, 0.1) is 0 Å². The van der Waals surface area contributed by atoms with Gasteiger partial charge in [0, 0.05) is 30.1 Å². The zero-order valence-corrected chi connectivity index (χ0v) is 20.4. The molecule has 1 fully saturated rings. The molecule has 0 amide bonds. The fraction of sp³-hybridized carbons (Fsp3) is 0.400. The topological polar surface area (TPSA) is 62.2 Å². The number of fused-ring (bicyclic) bond motifs is 1. The highest BCUT2D eigenvalue weighted by Gasteiger charge is 2.27. The lowest BCUT2D eigenvalue weighted by Gasteiger charge is -2.17. The fourth-order valence-corrected chi connectivity index (χ4v) is 4.51. The zero-order valence-electron chi connectivity index (χ0n) is 19.6. The molecule has 0 radical (unpaired) electrons. The van der Waals surface area contributed by atoms with Crippen LogP contribution in [0.2, 0.25) is 0 Å². The predicted molar refractivity (Wildman–Crippen MR) is 131 cm³/mol. The molecule has 1 aromatic heterocycles. The van der Waals surface area contributed by atoms with Gasteiger partial charge in [0.1, 0.15) is 11.4 Å². The second kappa shape index (κ2) is 10.8. The van der Waals surface area contributed by atoms with E-state index in [4.69, 9.17) is 18.9 Å². The normalized spacial score (nSPS) is 13.6. The summed E-state index contributed by atoms with van der Waals surface area (Å²) in [6, 6.07) is 11.6. The Morgan fingerprint density at radius 2 is 1.52 bits per heavy atom. The third-order valence-electron chi connectivity index (χ3n) is 6.16. The van der Waals surface area contributed by atoms with E-state index >= 15 is 0 Å². The molecule has 3 aromatic rings. The van der Waals surface area contributed by atoms with Crippen molar-refractivity contribution in [3.05, 3.63) is 42.1 Å². The molecule has 0 saturated carbocycles. The predicted octanol–water partition coefficient (Wildman–Crippen LogP) is 4.64. The molecular formula is C25H31ClN2O5. The molecule has 4 rings (SSSR count). The number of rotatable bonds is 8. The van der Waals surface area contributed by atoms with Crippen LogP contribution in [0.4, 0.5) is 0 Å². The van der Waals surface area contributed by atoms with E-state index in [1.165, 1.54) is 20.0 Å². The maximum atomic E-state index is 13.1. The SMILES string of the molecule is COC(=O)c1c(-c2ccc(OC)cc2)c2cc(OC)c(OC)cc2n1CCN1CCCC1.Cl. The zero-order chi connectivity index (χ0) is 22.7. The Balaban J connectivity index is 0.00000306. The first kappa shape index (κ1) is 24.7. The Morgan fingerprint density at radius 3 is 2.09 bits per heavy atom. The molecule has 1 saturated heterocycles. The number of carbonyl (C=O) groups excluding carboxylic acids is 1. The van der Waals surface area contributed by atoms with Crippen LogP contribution < -0.4 is 14.2 Å². The van der Waals surface area contributed by atoms with Crippen LogP contribution in [0.5, 0.6) is 17.2 Å². The molecule has 0 spiro atoms. The Morgan fingerprint density at radius 1 is 0.879 bits per heavy atom. The lowest BCUT2D eigenvalue weighted by atomic mass is 10.0. The van der Waals surface area contributed by atoms with Crippen LogP contribution in [0.25, 0.3) is 22.0 Å². The van der Waals surface area contributed by atoms with Gasteiger partial charge >= 0.3 is 5.97 Å². The number of ether oxygens (including phenoxy) is 4. The molecule has 2 heterocycles. The van der Waals surface area contributed by atoms with Crippen molar-refractivity contribution < 1.29 is 23.7 Å². The van der Waals surface area contributed by atoms with Crippen molar-refractivity contribution in [1.82, 2.24) is 9.47 Å². The van der Waals surface area contributed by atoms with Crippen LogP contribution in [-0.4, -0.2) is 63.5 Å². The number of nitrogens with zero attached hydrogens (tertiary/aromatic N) is 2. The Kier molecular flexibility index (Phi) is 8.10. The van der Waals surface area contributed by atoms with Gasteiger partial charge in [-0.3, -0.25) is 0 Å². The van der Waals surface area contributed by atoms with Gasteiger partial charge < -0.3 is 28.4 Å². The molecule has 7 nitrogen and oxygen atoms in total. The Labute approximate surface area is 200 Å². The van der Waals surface area contributed by atoms with Gasteiger partial charge in [0.15, 0.2) is 11.5 Å². The van der Waals surface area contributed by atoms with Crippen LogP contribution in [0.15, 0.2) is 36.4 Å². The fourth-order valence-electron chi connectivity index (χ4n) is 4.51. The van der Waals surface area contributed by atoms with E-state index in [0.717, 1.165) is 47.4 Å². The summed E-state index contributed by atoms with van der Waals surface area (Å²) < 4.78 is 23.8. The highest BCUT2D eigenvalue weighted by atomic mass is 35.5. The molecule has 0 unspecified atom stereocenters. The summed E-state index contributed by atoms with van der Waals surface area (Å²) >= 11 is 0.